The van der Waals surface area contributed by atoms with Crippen LogP contribution in [0.1, 0.15) is 56.3 Å². The Bertz CT molecular complexity index is 836. The molecule has 0 radical (unpaired) electrons. The van der Waals surface area contributed by atoms with Crippen LogP contribution in [0.25, 0.3) is 0 Å². The van der Waals surface area contributed by atoms with Gasteiger partial charge in [0.15, 0.2) is 0 Å². The average Bonchev–Trinajstić information content (AvgIpc) is 2.97. The first-order valence-corrected chi connectivity index (χ1v) is 8.40. The Morgan fingerprint density at radius 3 is 2.11 bits per heavy atom. The quantitative estimate of drug-likeness (QED) is 0.565. The molecule has 1 aromatic heterocycles. The van der Waals surface area contributed by atoms with Crippen molar-refractivity contribution in [2.45, 2.75) is 27.4 Å². The normalized spacial score (nSPS) is 10.3. The summed E-state index contributed by atoms with van der Waals surface area (Å²) >= 11 is 0. The number of phenolic OH excluding ortho intramolecular Hbond substituents is 1. The third kappa shape index (κ3) is 4.66. The Hall–Kier alpha value is -3.29. The van der Waals surface area contributed by atoms with Gasteiger partial charge in [-0.2, -0.15) is 0 Å². The number of esters is 3. The number of aromatic nitrogens is 1. The lowest BCUT2D eigenvalue weighted by Gasteiger charge is -2.07. The van der Waals surface area contributed by atoms with E-state index in [4.69, 9.17) is 14.2 Å². The standard InChI is InChI=1S/C19H21NO7/c1-4-25-18(23)15-11(3)16(19(24)26-5-2)20-14(15)10-27-17(22)12-6-8-13(21)9-7-12/h6-9,20-21H,4-5,10H2,1-3H3. The Morgan fingerprint density at radius 1 is 0.926 bits per heavy atom. The van der Waals surface area contributed by atoms with Crippen molar-refractivity contribution >= 4 is 17.9 Å². The fourth-order valence-corrected chi connectivity index (χ4v) is 2.47. The second-order valence-electron chi connectivity index (χ2n) is 5.54. The molecule has 1 aromatic carbocycles. The first-order valence-electron chi connectivity index (χ1n) is 8.40. The summed E-state index contributed by atoms with van der Waals surface area (Å²) in [5, 5.41) is 9.27. The van der Waals surface area contributed by atoms with Gasteiger partial charge in [-0.25, -0.2) is 14.4 Å². The van der Waals surface area contributed by atoms with Gasteiger partial charge in [-0.15, -0.1) is 0 Å². The van der Waals surface area contributed by atoms with Crippen molar-refractivity contribution in [3.05, 3.63) is 52.3 Å². The van der Waals surface area contributed by atoms with Gasteiger partial charge in [-0.05, 0) is 50.6 Å². The van der Waals surface area contributed by atoms with Gasteiger partial charge in [-0.1, -0.05) is 0 Å². The van der Waals surface area contributed by atoms with Gasteiger partial charge in [0.05, 0.1) is 30.0 Å². The minimum absolute atomic E-state index is 0.0234. The molecule has 2 N–H and O–H groups in total. The monoisotopic (exact) mass is 375 g/mol. The highest BCUT2D eigenvalue weighted by atomic mass is 16.5. The number of hydrogen-bond acceptors (Lipinski definition) is 7. The molecule has 0 unspecified atom stereocenters. The van der Waals surface area contributed by atoms with E-state index < -0.39 is 17.9 Å². The highest BCUT2D eigenvalue weighted by Crippen LogP contribution is 2.22. The van der Waals surface area contributed by atoms with Gasteiger partial charge in [0.2, 0.25) is 0 Å². The van der Waals surface area contributed by atoms with E-state index in [9.17, 15) is 19.5 Å². The number of aromatic hydroxyl groups is 1. The smallest absolute Gasteiger partial charge is 0.355 e. The molecular weight excluding hydrogens is 354 g/mol. The van der Waals surface area contributed by atoms with Crippen LogP contribution in [0.2, 0.25) is 0 Å². The van der Waals surface area contributed by atoms with E-state index in [0.29, 0.717) is 5.56 Å². The van der Waals surface area contributed by atoms with Crippen molar-refractivity contribution < 1.29 is 33.7 Å². The van der Waals surface area contributed by atoms with Crippen molar-refractivity contribution in [2.24, 2.45) is 0 Å². The molecule has 1 heterocycles. The topological polar surface area (TPSA) is 115 Å². The van der Waals surface area contributed by atoms with E-state index in [2.05, 4.69) is 4.98 Å². The maximum absolute atomic E-state index is 12.3. The van der Waals surface area contributed by atoms with Gasteiger partial charge in [0.25, 0.3) is 0 Å². The van der Waals surface area contributed by atoms with Crippen LogP contribution in [0.3, 0.4) is 0 Å². The molecule has 0 aliphatic rings. The van der Waals surface area contributed by atoms with Crippen LogP contribution in [0, 0.1) is 6.92 Å². The predicted octanol–water partition coefficient (Wildman–Crippen LogP) is 2.74. The summed E-state index contributed by atoms with van der Waals surface area (Å²) in [4.78, 5) is 39.3. The molecule has 0 aliphatic carbocycles. The summed E-state index contributed by atoms with van der Waals surface area (Å²) in [6.07, 6.45) is 0. The predicted molar refractivity (Wildman–Crippen MR) is 94.7 cm³/mol. The molecule has 27 heavy (non-hydrogen) atoms. The lowest BCUT2D eigenvalue weighted by molar-refractivity contribution is 0.0445. The number of rotatable bonds is 7. The molecule has 0 bridgehead atoms. The van der Waals surface area contributed by atoms with E-state index in [0.717, 1.165) is 0 Å². The van der Waals surface area contributed by atoms with E-state index in [1.165, 1.54) is 24.3 Å². The second-order valence-corrected chi connectivity index (χ2v) is 5.54. The van der Waals surface area contributed by atoms with E-state index in [1.54, 1.807) is 20.8 Å². The first-order chi connectivity index (χ1) is 12.9. The number of phenols is 1. The van der Waals surface area contributed by atoms with Crippen LogP contribution in [-0.4, -0.2) is 41.2 Å². The zero-order chi connectivity index (χ0) is 20.0. The maximum atomic E-state index is 12.3. The Morgan fingerprint density at radius 2 is 1.52 bits per heavy atom. The number of benzene rings is 1. The molecule has 0 spiro atoms. The number of hydrogen-bond donors (Lipinski definition) is 2. The third-order valence-electron chi connectivity index (χ3n) is 3.74. The van der Waals surface area contributed by atoms with Gasteiger partial charge in [0, 0.05) is 0 Å². The summed E-state index contributed by atoms with van der Waals surface area (Å²) in [7, 11) is 0. The van der Waals surface area contributed by atoms with Crippen molar-refractivity contribution in [2.75, 3.05) is 13.2 Å². The number of aromatic amines is 1. The van der Waals surface area contributed by atoms with Crippen molar-refractivity contribution in [3.63, 3.8) is 0 Å². The molecular formula is C19H21NO7. The SMILES string of the molecule is CCOC(=O)c1[nH]c(COC(=O)c2ccc(O)cc2)c(C(=O)OCC)c1C. The van der Waals surface area contributed by atoms with Gasteiger partial charge in [-0.3, -0.25) is 0 Å². The van der Waals surface area contributed by atoms with Crippen molar-refractivity contribution in [1.29, 1.82) is 0 Å². The minimum Gasteiger partial charge on any atom is -0.508 e. The molecule has 0 amide bonds. The van der Waals surface area contributed by atoms with Gasteiger partial charge in [0.1, 0.15) is 18.1 Å². The summed E-state index contributed by atoms with van der Waals surface area (Å²) in [5.74, 6) is -1.86. The highest BCUT2D eigenvalue weighted by molar-refractivity contribution is 5.98. The zero-order valence-electron chi connectivity index (χ0n) is 15.3. The second kappa shape index (κ2) is 8.88. The molecule has 0 aliphatic heterocycles. The number of H-pyrrole nitrogens is 1. The van der Waals surface area contributed by atoms with Crippen LogP contribution in [0.15, 0.2) is 24.3 Å². The van der Waals surface area contributed by atoms with Crippen LogP contribution < -0.4 is 0 Å². The van der Waals surface area contributed by atoms with Crippen LogP contribution >= 0.6 is 0 Å². The fraction of sp³-hybridized carbons (Fsp3) is 0.316. The average molecular weight is 375 g/mol. The first kappa shape index (κ1) is 20.0. The maximum Gasteiger partial charge on any atom is 0.355 e. The molecule has 0 atom stereocenters. The highest BCUT2D eigenvalue weighted by Gasteiger charge is 2.26. The van der Waals surface area contributed by atoms with E-state index in [-0.39, 0.29) is 48.1 Å². The number of nitrogens with one attached hydrogen (secondary N) is 1. The lowest BCUT2D eigenvalue weighted by Crippen LogP contribution is -2.11. The van der Waals surface area contributed by atoms with Crippen LogP contribution in [0.4, 0.5) is 0 Å². The van der Waals surface area contributed by atoms with Gasteiger partial charge >= 0.3 is 17.9 Å². The molecule has 8 nitrogen and oxygen atoms in total. The summed E-state index contributed by atoms with van der Waals surface area (Å²) in [6.45, 7) is 4.98. The van der Waals surface area contributed by atoms with Crippen LogP contribution in [-0.2, 0) is 20.8 Å². The molecule has 0 saturated carbocycles. The minimum atomic E-state index is -0.644. The molecule has 0 fully saturated rings. The van der Waals surface area contributed by atoms with E-state index >= 15 is 0 Å². The van der Waals surface area contributed by atoms with E-state index in [1.807, 2.05) is 0 Å². The Labute approximate surface area is 156 Å². The summed E-state index contributed by atoms with van der Waals surface area (Å²) in [5.41, 5.74) is 1.08. The lowest BCUT2D eigenvalue weighted by atomic mass is 10.1. The summed E-state index contributed by atoms with van der Waals surface area (Å²) < 4.78 is 15.2. The fourth-order valence-electron chi connectivity index (χ4n) is 2.47. The van der Waals surface area contributed by atoms with Crippen molar-refractivity contribution in [3.8, 4) is 5.75 Å². The molecule has 2 rings (SSSR count). The number of carbonyl (C=O) groups is 3. The van der Waals surface area contributed by atoms with Crippen LogP contribution in [0.5, 0.6) is 5.75 Å². The van der Waals surface area contributed by atoms with Crippen molar-refractivity contribution in [1.82, 2.24) is 4.98 Å². The Kier molecular flexibility index (Phi) is 6.59. The number of carbonyl (C=O) groups excluding carboxylic acids is 3. The zero-order valence-corrected chi connectivity index (χ0v) is 15.3. The molecule has 144 valence electrons. The Balaban J connectivity index is 2.26. The molecule has 2 aromatic rings. The third-order valence-corrected chi connectivity index (χ3v) is 3.74. The summed E-state index contributed by atoms with van der Waals surface area (Å²) in [6, 6.07) is 5.54. The molecule has 0 saturated heterocycles. The number of ether oxygens (including phenoxy) is 3. The van der Waals surface area contributed by atoms with Gasteiger partial charge < -0.3 is 24.3 Å². The molecule has 8 heteroatoms. The largest absolute Gasteiger partial charge is 0.508 e.